The standard InChI is InChI=1S/C28H28F3N7O3/c1-18-5-4-6-23(38(17-39)16-26(40)37-9-10-41-25(15-37)28(29,30)31)27(18)35(2)19-7-8-22(33-11-19)20-12-32-14-24-21(20)13-34-36(24)3/h4-8,11-14,17,25H,9-10,15-16H2,1-3H3. The van der Waals surface area contributed by atoms with Crippen LogP contribution in [0.25, 0.3) is 22.2 Å². The average molecular weight is 568 g/mol. The monoisotopic (exact) mass is 567 g/mol. The number of carbonyl (C=O) groups excluding carboxylic acids is 2. The third-order valence-electron chi connectivity index (χ3n) is 7.16. The number of fused-ring (bicyclic) bond motifs is 1. The molecule has 1 aliphatic heterocycles. The average Bonchev–Trinajstić information content (AvgIpc) is 3.35. The molecule has 214 valence electrons. The predicted molar refractivity (Wildman–Crippen MR) is 147 cm³/mol. The number of rotatable bonds is 7. The van der Waals surface area contributed by atoms with Crippen LogP contribution in [-0.4, -0.2) is 82.5 Å². The van der Waals surface area contributed by atoms with E-state index in [0.717, 1.165) is 26.9 Å². The fourth-order valence-corrected chi connectivity index (χ4v) is 4.95. The van der Waals surface area contributed by atoms with E-state index in [0.29, 0.717) is 29.2 Å². The topological polar surface area (TPSA) is 96.7 Å². The predicted octanol–water partition coefficient (Wildman–Crippen LogP) is 3.86. The molecule has 1 saturated heterocycles. The Morgan fingerprint density at radius 3 is 2.68 bits per heavy atom. The number of amides is 2. The molecular weight excluding hydrogens is 539 g/mol. The molecule has 0 radical (unpaired) electrons. The van der Waals surface area contributed by atoms with Crippen LogP contribution in [0.5, 0.6) is 0 Å². The number of anilines is 3. The number of pyridine rings is 2. The molecule has 1 aromatic carbocycles. The number of aryl methyl sites for hydroxylation is 2. The van der Waals surface area contributed by atoms with Gasteiger partial charge in [0.25, 0.3) is 0 Å². The van der Waals surface area contributed by atoms with Gasteiger partial charge in [-0.2, -0.15) is 18.3 Å². The second-order valence-electron chi connectivity index (χ2n) is 9.77. The maximum atomic E-state index is 13.2. The molecule has 13 heteroatoms. The lowest BCUT2D eigenvalue weighted by atomic mass is 10.1. The molecule has 2 amide bonds. The van der Waals surface area contributed by atoms with E-state index in [1.165, 1.54) is 4.90 Å². The number of nitrogens with zero attached hydrogens (tertiary/aromatic N) is 7. The number of carbonyl (C=O) groups is 2. The van der Waals surface area contributed by atoms with Crippen molar-refractivity contribution in [3.63, 3.8) is 0 Å². The van der Waals surface area contributed by atoms with Gasteiger partial charge in [-0.15, -0.1) is 0 Å². The summed E-state index contributed by atoms with van der Waals surface area (Å²) in [5.74, 6) is -0.603. The molecule has 10 nitrogen and oxygen atoms in total. The Morgan fingerprint density at radius 2 is 1.98 bits per heavy atom. The summed E-state index contributed by atoms with van der Waals surface area (Å²) in [6.45, 7) is 0.614. The molecule has 0 spiro atoms. The zero-order chi connectivity index (χ0) is 29.3. The van der Waals surface area contributed by atoms with Gasteiger partial charge in [0.15, 0.2) is 6.10 Å². The summed E-state index contributed by atoms with van der Waals surface area (Å²) in [4.78, 5) is 38.3. The Labute approximate surface area is 233 Å². The van der Waals surface area contributed by atoms with Gasteiger partial charge in [-0.05, 0) is 30.7 Å². The smallest absolute Gasteiger partial charge is 0.365 e. The van der Waals surface area contributed by atoms with Crippen molar-refractivity contribution in [1.29, 1.82) is 0 Å². The summed E-state index contributed by atoms with van der Waals surface area (Å²) in [6, 6.07) is 9.06. The maximum absolute atomic E-state index is 13.2. The SMILES string of the molecule is Cc1cccc(N(C=O)CC(=O)N2CCOC(C(F)(F)F)C2)c1N(C)c1ccc(-c2cncc3c2cnn3C)nc1. The van der Waals surface area contributed by atoms with Crippen LogP contribution < -0.4 is 9.80 Å². The summed E-state index contributed by atoms with van der Waals surface area (Å²) >= 11 is 0. The molecule has 4 aromatic rings. The Hall–Kier alpha value is -4.52. The number of hydrogen-bond acceptors (Lipinski definition) is 7. The lowest BCUT2D eigenvalue weighted by Gasteiger charge is -2.35. The number of para-hydroxylation sites is 1. The van der Waals surface area contributed by atoms with E-state index >= 15 is 0 Å². The number of benzene rings is 1. The van der Waals surface area contributed by atoms with E-state index in [1.807, 2.05) is 44.1 Å². The lowest BCUT2D eigenvalue weighted by Crippen LogP contribution is -2.53. The van der Waals surface area contributed by atoms with Crippen LogP contribution in [-0.2, 0) is 21.4 Å². The van der Waals surface area contributed by atoms with Gasteiger partial charge >= 0.3 is 6.18 Å². The first-order valence-electron chi connectivity index (χ1n) is 12.8. The Kier molecular flexibility index (Phi) is 7.63. The maximum Gasteiger partial charge on any atom is 0.416 e. The van der Waals surface area contributed by atoms with E-state index in [9.17, 15) is 22.8 Å². The van der Waals surface area contributed by atoms with Crippen molar-refractivity contribution in [2.75, 3.05) is 43.1 Å². The van der Waals surface area contributed by atoms with Crippen molar-refractivity contribution in [1.82, 2.24) is 24.6 Å². The summed E-state index contributed by atoms with van der Waals surface area (Å²) < 4.78 is 46.0. The van der Waals surface area contributed by atoms with Gasteiger partial charge in [-0.1, -0.05) is 12.1 Å². The summed E-state index contributed by atoms with van der Waals surface area (Å²) in [5, 5.41) is 5.22. The van der Waals surface area contributed by atoms with Crippen molar-refractivity contribution in [3.8, 4) is 11.3 Å². The van der Waals surface area contributed by atoms with Gasteiger partial charge in [0.1, 0.15) is 6.54 Å². The Bertz CT molecular complexity index is 1570. The highest BCUT2D eigenvalue weighted by atomic mass is 19.4. The molecule has 5 rings (SSSR count). The Balaban J connectivity index is 1.39. The second kappa shape index (κ2) is 11.2. The molecule has 1 aliphatic rings. The highest BCUT2D eigenvalue weighted by molar-refractivity contribution is 5.95. The number of halogens is 3. The molecule has 41 heavy (non-hydrogen) atoms. The van der Waals surface area contributed by atoms with Crippen LogP contribution in [0.3, 0.4) is 0 Å². The van der Waals surface area contributed by atoms with Crippen LogP contribution in [0, 0.1) is 6.92 Å². The quantitative estimate of drug-likeness (QED) is 0.313. The summed E-state index contributed by atoms with van der Waals surface area (Å²) in [6.07, 6.45) is 0.812. The van der Waals surface area contributed by atoms with Crippen molar-refractivity contribution in [2.45, 2.75) is 19.2 Å². The lowest BCUT2D eigenvalue weighted by molar-refractivity contribution is -0.236. The fourth-order valence-electron chi connectivity index (χ4n) is 4.95. The van der Waals surface area contributed by atoms with Crippen LogP contribution in [0.15, 0.2) is 55.1 Å². The molecule has 4 heterocycles. The zero-order valence-electron chi connectivity index (χ0n) is 22.7. The van der Waals surface area contributed by atoms with Crippen LogP contribution in [0.1, 0.15) is 5.56 Å². The van der Waals surface area contributed by atoms with Gasteiger partial charge in [-0.3, -0.25) is 24.2 Å². The molecule has 0 bridgehead atoms. The number of morpholine rings is 1. The van der Waals surface area contributed by atoms with E-state index < -0.39 is 31.3 Å². The van der Waals surface area contributed by atoms with Gasteiger partial charge in [-0.25, -0.2) is 0 Å². The van der Waals surface area contributed by atoms with Gasteiger partial charge in [0.05, 0.1) is 60.0 Å². The van der Waals surface area contributed by atoms with Crippen molar-refractivity contribution in [2.24, 2.45) is 7.05 Å². The minimum absolute atomic E-state index is 0.0129. The molecule has 1 fully saturated rings. The van der Waals surface area contributed by atoms with E-state index in [1.54, 1.807) is 41.6 Å². The van der Waals surface area contributed by atoms with Crippen LogP contribution in [0.4, 0.5) is 30.2 Å². The first-order valence-corrected chi connectivity index (χ1v) is 12.8. The van der Waals surface area contributed by atoms with Gasteiger partial charge in [0, 0.05) is 37.8 Å². The molecule has 1 atom stereocenters. The van der Waals surface area contributed by atoms with E-state index in [2.05, 4.69) is 15.1 Å². The normalized spacial score (nSPS) is 15.7. The Morgan fingerprint density at radius 1 is 1.17 bits per heavy atom. The third kappa shape index (κ3) is 5.57. The fraction of sp³-hybridized carbons (Fsp3) is 0.321. The number of hydrogen-bond donors (Lipinski definition) is 0. The van der Waals surface area contributed by atoms with Crippen LogP contribution in [0.2, 0.25) is 0 Å². The van der Waals surface area contributed by atoms with E-state index in [4.69, 9.17) is 4.74 Å². The number of alkyl halides is 3. The number of aromatic nitrogens is 4. The molecule has 0 saturated carbocycles. The minimum Gasteiger partial charge on any atom is -0.365 e. The molecule has 0 N–H and O–H groups in total. The van der Waals surface area contributed by atoms with E-state index in [-0.39, 0.29) is 13.2 Å². The zero-order valence-corrected chi connectivity index (χ0v) is 22.7. The molecule has 0 aliphatic carbocycles. The van der Waals surface area contributed by atoms with Crippen molar-refractivity contribution >= 4 is 40.3 Å². The second-order valence-corrected chi connectivity index (χ2v) is 9.77. The molecule has 3 aromatic heterocycles. The highest BCUT2D eigenvalue weighted by Crippen LogP contribution is 2.37. The van der Waals surface area contributed by atoms with Crippen molar-refractivity contribution < 1.29 is 27.5 Å². The first-order chi connectivity index (χ1) is 19.6. The first kappa shape index (κ1) is 28.0. The minimum atomic E-state index is -4.58. The third-order valence-corrected chi connectivity index (χ3v) is 7.16. The van der Waals surface area contributed by atoms with Crippen molar-refractivity contribution in [3.05, 3.63) is 60.7 Å². The van der Waals surface area contributed by atoms with Gasteiger partial charge < -0.3 is 19.4 Å². The summed E-state index contributed by atoms with van der Waals surface area (Å²) in [5.41, 5.74) is 5.04. The number of ether oxygens (including phenoxy) is 1. The van der Waals surface area contributed by atoms with Crippen LogP contribution >= 0.6 is 0 Å². The van der Waals surface area contributed by atoms with Gasteiger partial charge in [0.2, 0.25) is 12.3 Å². The highest BCUT2D eigenvalue weighted by Gasteiger charge is 2.44. The largest absolute Gasteiger partial charge is 0.416 e. The molecule has 1 unspecified atom stereocenters. The summed E-state index contributed by atoms with van der Waals surface area (Å²) in [7, 11) is 3.65. The molecular formula is C28H28F3N7O3.